The first-order valence-electron chi connectivity index (χ1n) is 15.6. The lowest BCUT2D eigenvalue weighted by atomic mass is 9.93. The Hall–Kier alpha value is -4.63. The van der Waals surface area contributed by atoms with Crippen LogP contribution in [0.15, 0.2) is 123 Å². The Kier molecular flexibility index (Phi) is 8.96. The minimum atomic E-state index is -0.726. The smallest absolute Gasteiger partial charge is 0.338 e. The molecule has 9 heteroatoms. The molecular formula is C39H32ClN3O3S2. The summed E-state index contributed by atoms with van der Waals surface area (Å²) < 4.78 is 10.0. The monoisotopic (exact) mass is 689 g/mol. The number of fused-ring (bicyclic) bond motifs is 2. The molecule has 2 aromatic heterocycles. The van der Waals surface area contributed by atoms with Crippen molar-refractivity contribution in [3.05, 3.63) is 161 Å². The molecule has 240 valence electrons. The molecule has 6 aromatic rings. The van der Waals surface area contributed by atoms with Crippen LogP contribution in [-0.2, 0) is 16.1 Å². The molecule has 6 nitrogen and oxygen atoms in total. The van der Waals surface area contributed by atoms with Crippen LogP contribution >= 0.6 is 34.7 Å². The Morgan fingerprint density at radius 3 is 2.42 bits per heavy atom. The number of aromatic nitrogens is 2. The van der Waals surface area contributed by atoms with E-state index in [9.17, 15) is 9.59 Å². The van der Waals surface area contributed by atoms with Gasteiger partial charge in [0, 0.05) is 44.2 Å². The topological polar surface area (TPSA) is 65.6 Å². The number of thioether (sulfide) groups is 1. The molecule has 1 aliphatic rings. The predicted molar refractivity (Wildman–Crippen MR) is 197 cm³/mol. The van der Waals surface area contributed by atoms with E-state index in [1.54, 1.807) is 23.3 Å². The molecule has 7 rings (SSSR count). The van der Waals surface area contributed by atoms with E-state index < -0.39 is 12.0 Å². The highest BCUT2D eigenvalue weighted by Gasteiger charge is 2.35. The lowest BCUT2D eigenvalue weighted by Gasteiger charge is -2.26. The number of rotatable bonds is 8. The minimum Gasteiger partial charge on any atom is -0.463 e. The summed E-state index contributed by atoms with van der Waals surface area (Å²) >= 11 is 9.53. The van der Waals surface area contributed by atoms with Gasteiger partial charge >= 0.3 is 5.97 Å². The molecule has 0 saturated heterocycles. The van der Waals surface area contributed by atoms with Gasteiger partial charge in [-0.05, 0) is 61.6 Å². The van der Waals surface area contributed by atoms with E-state index in [2.05, 4.69) is 23.6 Å². The van der Waals surface area contributed by atoms with Gasteiger partial charge in [0.1, 0.15) is 0 Å². The van der Waals surface area contributed by atoms with Gasteiger partial charge in [-0.25, -0.2) is 9.79 Å². The van der Waals surface area contributed by atoms with Crippen molar-refractivity contribution in [2.75, 3.05) is 12.9 Å². The van der Waals surface area contributed by atoms with Crippen molar-refractivity contribution in [2.24, 2.45) is 4.99 Å². The van der Waals surface area contributed by atoms with Crippen molar-refractivity contribution < 1.29 is 9.53 Å². The molecule has 3 heterocycles. The highest BCUT2D eigenvalue weighted by Crippen LogP contribution is 2.36. The van der Waals surface area contributed by atoms with Gasteiger partial charge in [0.05, 0.1) is 28.5 Å². The Labute approximate surface area is 291 Å². The molecule has 0 spiro atoms. The van der Waals surface area contributed by atoms with Crippen LogP contribution in [0.5, 0.6) is 0 Å². The highest BCUT2D eigenvalue weighted by atomic mass is 35.5. The Balaban J connectivity index is 1.47. The number of ether oxygens (including phenoxy) is 1. The summed E-state index contributed by atoms with van der Waals surface area (Å²) in [5, 5.41) is 1.75. The van der Waals surface area contributed by atoms with E-state index in [0.29, 0.717) is 32.2 Å². The molecule has 0 bridgehead atoms. The number of hydrogen-bond acceptors (Lipinski definition) is 6. The maximum atomic E-state index is 14.6. The normalized spacial score (nSPS) is 14.7. The standard InChI is InChI=1S/C39H32ClN3O3S2/c1-4-46-38(45)34-35(25-12-6-5-7-13-25)41-39-43(36(34)26-18-20-28(47-3)21-19-26)37(44)33(48-39)22-30-24(2)42(32-17-11-9-15-29(30)32)23-27-14-8-10-16-31(27)40/h5-22,36H,4,23H2,1-3H3/b33-22+. The number of hydrogen-bond donors (Lipinski definition) is 0. The molecule has 4 aromatic carbocycles. The maximum Gasteiger partial charge on any atom is 0.338 e. The van der Waals surface area contributed by atoms with Gasteiger partial charge in [0.2, 0.25) is 0 Å². The molecule has 0 saturated carbocycles. The van der Waals surface area contributed by atoms with Gasteiger partial charge in [0.25, 0.3) is 5.56 Å². The predicted octanol–water partition coefficient (Wildman–Crippen LogP) is 7.62. The van der Waals surface area contributed by atoms with E-state index in [1.807, 2.05) is 103 Å². The van der Waals surface area contributed by atoms with Gasteiger partial charge in [-0.2, -0.15) is 0 Å². The van der Waals surface area contributed by atoms with Crippen LogP contribution in [0, 0.1) is 6.92 Å². The molecule has 0 fully saturated rings. The van der Waals surface area contributed by atoms with Crippen LogP contribution in [0.25, 0.3) is 22.7 Å². The van der Waals surface area contributed by atoms with Crippen molar-refractivity contribution in [2.45, 2.75) is 31.3 Å². The second-order valence-corrected chi connectivity index (χ2v) is 13.7. The van der Waals surface area contributed by atoms with E-state index in [-0.39, 0.29) is 12.2 Å². The van der Waals surface area contributed by atoms with E-state index in [4.69, 9.17) is 21.3 Å². The second-order valence-electron chi connectivity index (χ2n) is 11.4. The first-order valence-corrected chi connectivity index (χ1v) is 18.0. The summed E-state index contributed by atoms with van der Waals surface area (Å²) in [6.45, 7) is 4.64. The number of carbonyl (C=O) groups is 1. The highest BCUT2D eigenvalue weighted by molar-refractivity contribution is 7.98. The third-order valence-corrected chi connectivity index (χ3v) is 10.7. The largest absolute Gasteiger partial charge is 0.463 e. The lowest BCUT2D eigenvalue weighted by molar-refractivity contribution is -0.138. The zero-order valence-electron chi connectivity index (χ0n) is 26.6. The fourth-order valence-electron chi connectivity index (χ4n) is 6.31. The number of benzene rings is 4. The molecule has 1 aliphatic heterocycles. The van der Waals surface area contributed by atoms with Gasteiger partial charge in [-0.1, -0.05) is 102 Å². The summed E-state index contributed by atoms with van der Waals surface area (Å²) in [5.41, 5.74) is 6.26. The first kappa shape index (κ1) is 31.9. The lowest BCUT2D eigenvalue weighted by Crippen LogP contribution is -2.40. The molecule has 48 heavy (non-hydrogen) atoms. The van der Waals surface area contributed by atoms with Crippen molar-refractivity contribution in [3.63, 3.8) is 0 Å². The average molecular weight is 690 g/mol. The van der Waals surface area contributed by atoms with Crippen LogP contribution in [0.3, 0.4) is 0 Å². The number of carbonyl (C=O) groups excluding carboxylic acids is 1. The minimum absolute atomic E-state index is 0.199. The number of para-hydroxylation sites is 1. The Morgan fingerprint density at radius 1 is 0.979 bits per heavy atom. The summed E-state index contributed by atoms with van der Waals surface area (Å²) in [6.07, 6.45) is 3.98. The number of thiazole rings is 1. The first-order chi connectivity index (χ1) is 23.4. The molecule has 0 N–H and O–H groups in total. The van der Waals surface area contributed by atoms with Gasteiger partial charge < -0.3 is 9.30 Å². The van der Waals surface area contributed by atoms with Crippen LogP contribution < -0.4 is 14.9 Å². The summed E-state index contributed by atoms with van der Waals surface area (Å²) in [4.78, 5) is 35.0. The fraction of sp³-hybridized carbons (Fsp3) is 0.154. The van der Waals surface area contributed by atoms with E-state index in [1.165, 1.54) is 11.3 Å². The number of esters is 1. The van der Waals surface area contributed by atoms with Crippen molar-refractivity contribution in [1.82, 2.24) is 9.13 Å². The Morgan fingerprint density at radius 2 is 1.69 bits per heavy atom. The average Bonchev–Trinajstić information content (AvgIpc) is 3.57. The third-order valence-electron chi connectivity index (χ3n) is 8.65. The Bertz CT molecular complexity index is 2390. The molecule has 0 aliphatic carbocycles. The van der Waals surface area contributed by atoms with Gasteiger partial charge in [0.15, 0.2) is 4.80 Å². The molecule has 1 atom stereocenters. The molecule has 0 amide bonds. The van der Waals surface area contributed by atoms with Crippen LogP contribution in [0.4, 0.5) is 0 Å². The molecular weight excluding hydrogens is 658 g/mol. The van der Waals surface area contributed by atoms with Crippen molar-refractivity contribution >= 4 is 63.3 Å². The van der Waals surface area contributed by atoms with Crippen LogP contribution in [0.2, 0.25) is 5.02 Å². The fourth-order valence-corrected chi connectivity index (χ4v) is 7.90. The second kappa shape index (κ2) is 13.5. The van der Waals surface area contributed by atoms with Crippen molar-refractivity contribution in [3.8, 4) is 0 Å². The zero-order chi connectivity index (χ0) is 33.4. The van der Waals surface area contributed by atoms with Crippen LogP contribution in [-0.4, -0.2) is 28.0 Å². The van der Waals surface area contributed by atoms with Gasteiger partial charge in [-0.3, -0.25) is 9.36 Å². The third kappa shape index (κ3) is 5.74. The number of halogens is 1. The van der Waals surface area contributed by atoms with Crippen LogP contribution in [0.1, 0.15) is 40.9 Å². The summed E-state index contributed by atoms with van der Waals surface area (Å²) in [6, 6.07) is 32.9. The summed E-state index contributed by atoms with van der Waals surface area (Å²) in [5.74, 6) is -0.494. The maximum absolute atomic E-state index is 14.6. The van der Waals surface area contributed by atoms with E-state index in [0.717, 1.165) is 43.7 Å². The summed E-state index contributed by atoms with van der Waals surface area (Å²) in [7, 11) is 0. The van der Waals surface area contributed by atoms with Crippen molar-refractivity contribution in [1.29, 1.82) is 0 Å². The zero-order valence-corrected chi connectivity index (χ0v) is 29.0. The van der Waals surface area contributed by atoms with Gasteiger partial charge in [-0.15, -0.1) is 11.8 Å². The number of nitrogens with zero attached hydrogens (tertiary/aromatic N) is 3. The van der Waals surface area contributed by atoms with E-state index >= 15 is 0 Å². The molecule has 1 unspecified atom stereocenters. The SMILES string of the molecule is CCOC(=O)C1=C(c2ccccc2)N=c2s/c(=C/c3c(C)n(Cc4ccccc4Cl)c4ccccc34)c(=O)n2C1c1ccc(SC)cc1. The quantitative estimate of drug-likeness (QED) is 0.122. The molecule has 0 radical (unpaired) electrons.